The highest BCUT2D eigenvalue weighted by Gasteiger charge is 2.28. The Balaban J connectivity index is 3.19. The van der Waals surface area contributed by atoms with Crippen molar-refractivity contribution in [3.63, 3.8) is 0 Å². The van der Waals surface area contributed by atoms with E-state index in [1.807, 2.05) is 6.07 Å². The lowest BCUT2D eigenvalue weighted by atomic mass is 9.91. The quantitative estimate of drug-likeness (QED) is 0.601. The average molecular weight is 245 g/mol. The third-order valence-corrected chi connectivity index (χ3v) is 2.64. The maximum atomic E-state index is 11.8. The molecule has 4 nitrogen and oxygen atoms in total. The zero-order chi connectivity index (χ0) is 13.7. The van der Waals surface area contributed by atoms with Crippen molar-refractivity contribution in [2.45, 2.75) is 26.7 Å². The van der Waals surface area contributed by atoms with Crippen LogP contribution in [0, 0.1) is 18.3 Å². The Bertz CT molecular complexity index is 514. The van der Waals surface area contributed by atoms with Gasteiger partial charge in [0.2, 0.25) is 0 Å². The van der Waals surface area contributed by atoms with Gasteiger partial charge in [-0.3, -0.25) is 9.59 Å². The van der Waals surface area contributed by atoms with E-state index in [4.69, 9.17) is 10.00 Å². The minimum atomic E-state index is -0.905. The van der Waals surface area contributed by atoms with Gasteiger partial charge in [0.05, 0.1) is 18.2 Å². The lowest BCUT2D eigenvalue weighted by Crippen LogP contribution is -2.23. The molecular weight excluding hydrogens is 230 g/mol. The maximum Gasteiger partial charge on any atom is 0.320 e. The van der Waals surface area contributed by atoms with Gasteiger partial charge >= 0.3 is 5.97 Å². The van der Waals surface area contributed by atoms with Crippen LogP contribution in [0.25, 0.3) is 0 Å². The molecule has 0 saturated carbocycles. The molecule has 0 aliphatic carbocycles. The van der Waals surface area contributed by atoms with Crippen molar-refractivity contribution in [2.24, 2.45) is 0 Å². The van der Waals surface area contributed by atoms with Crippen LogP contribution in [0.1, 0.15) is 36.5 Å². The minimum Gasteiger partial charge on any atom is -0.465 e. The van der Waals surface area contributed by atoms with Crippen LogP contribution in [0.4, 0.5) is 0 Å². The predicted octanol–water partition coefficient (Wildman–Crippen LogP) is 2.10. The van der Waals surface area contributed by atoms with Crippen molar-refractivity contribution >= 4 is 11.8 Å². The molecule has 1 rings (SSSR count). The second kappa shape index (κ2) is 5.97. The third-order valence-electron chi connectivity index (χ3n) is 2.64. The van der Waals surface area contributed by atoms with Crippen LogP contribution in [0.5, 0.6) is 0 Å². The van der Waals surface area contributed by atoms with Gasteiger partial charge in [-0.05, 0) is 44.0 Å². The first-order valence-corrected chi connectivity index (χ1v) is 5.69. The normalized spacial score (nSPS) is 11.4. The van der Waals surface area contributed by atoms with Crippen molar-refractivity contribution in [2.75, 3.05) is 6.61 Å². The predicted molar refractivity (Wildman–Crippen MR) is 65.9 cm³/mol. The lowest BCUT2D eigenvalue weighted by Gasteiger charge is -2.15. The maximum absolute atomic E-state index is 11.8. The molecule has 1 atom stereocenters. The molecule has 0 radical (unpaired) electrons. The van der Waals surface area contributed by atoms with Crippen LogP contribution in [-0.4, -0.2) is 18.4 Å². The van der Waals surface area contributed by atoms with E-state index in [1.54, 1.807) is 32.0 Å². The van der Waals surface area contributed by atoms with Crippen LogP contribution in [0.2, 0.25) is 0 Å². The van der Waals surface area contributed by atoms with Gasteiger partial charge in [0.25, 0.3) is 0 Å². The number of carbonyl (C=O) groups is 2. The lowest BCUT2D eigenvalue weighted by molar-refractivity contribution is -0.147. The Morgan fingerprint density at radius 2 is 2.11 bits per heavy atom. The summed E-state index contributed by atoms with van der Waals surface area (Å²) >= 11 is 0. The largest absolute Gasteiger partial charge is 0.465 e. The number of hydrogen-bond donors (Lipinski definition) is 0. The summed E-state index contributed by atoms with van der Waals surface area (Å²) < 4.78 is 4.91. The Morgan fingerprint density at radius 3 is 2.56 bits per heavy atom. The summed E-state index contributed by atoms with van der Waals surface area (Å²) in [4.78, 5) is 23.4. The molecule has 0 aliphatic rings. The molecule has 0 aromatic heterocycles. The van der Waals surface area contributed by atoms with E-state index in [0.29, 0.717) is 11.1 Å². The van der Waals surface area contributed by atoms with Gasteiger partial charge in [-0.1, -0.05) is 6.07 Å². The summed E-state index contributed by atoms with van der Waals surface area (Å²) in [7, 11) is 0. The number of rotatable bonds is 4. The monoisotopic (exact) mass is 245 g/mol. The molecule has 0 amide bonds. The molecule has 0 saturated heterocycles. The highest BCUT2D eigenvalue weighted by molar-refractivity contribution is 6.03. The second-order valence-corrected chi connectivity index (χ2v) is 3.98. The van der Waals surface area contributed by atoms with Crippen LogP contribution in [0.3, 0.4) is 0 Å². The van der Waals surface area contributed by atoms with E-state index in [1.165, 1.54) is 6.92 Å². The fourth-order valence-electron chi connectivity index (χ4n) is 1.81. The topological polar surface area (TPSA) is 67.2 Å². The van der Waals surface area contributed by atoms with E-state index in [-0.39, 0.29) is 12.4 Å². The van der Waals surface area contributed by atoms with Crippen molar-refractivity contribution in [3.05, 3.63) is 34.9 Å². The smallest absolute Gasteiger partial charge is 0.320 e. The van der Waals surface area contributed by atoms with Crippen molar-refractivity contribution in [1.29, 1.82) is 5.26 Å². The Morgan fingerprint density at radius 1 is 1.44 bits per heavy atom. The number of hydrogen-bond acceptors (Lipinski definition) is 4. The summed E-state index contributed by atoms with van der Waals surface area (Å²) in [5.74, 6) is -1.71. The second-order valence-electron chi connectivity index (χ2n) is 3.98. The molecule has 1 aromatic carbocycles. The molecule has 0 heterocycles. The first-order valence-electron chi connectivity index (χ1n) is 5.69. The summed E-state index contributed by atoms with van der Waals surface area (Å²) in [6, 6.07) is 6.90. The number of ketones is 1. The number of nitrogens with zero attached hydrogens (tertiary/aromatic N) is 1. The van der Waals surface area contributed by atoms with Gasteiger partial charge < -0.3 is 4.74 Å². The SMILES string of the molecule is CCOC(=O)C(C(C)=O)c1ccc(C#N)cc1C. The molecule has 4 heteroatoms. The average Bonchev–Trinajstić information content (AvgIpc) is 2.31. The van der Waals surface area contributed by atoms with Gasteiger partial charge in [0, 0.05) is 0 Å². The number of benzene rings is 1. The highest BCUT2D eigenvalue weighted by Crippen LogP contribution is 2.23. The van der Waals surface area contributed by atoms with E-state index in [9.17, 15) is 9.59 Å². The number of carbonyl (C=O) groups excluding carboxylic acids is 2. The van der Waals surface area contributed by atoms with Gasteiger partial charge in [-0.25, -0.2) is 0 Å². The summed E-state index contributed by atoms with van der Waals surface area (Å²) in [6.45, 7) is 5.06. The van der Waals surface area contributed by atoms with E-state index < -0.39 is 11.9 Å². The summed E-state index contributed by atoms with van der Waals surface area (Å²) in [6.07, 6.45) is 0. The molecule has 0 aliphatic heterocycles. The molecule has 18 heavy (non-hydrogen) atoms. The molecule has 0 spiro atoms. The standard InChI is InChI=1S/C14H15NO3/c1-4-18-14(17)13(10(3)16)12-6-5-11(8-15)7-9(12)2/h5-7,13H,4H2,1-3H3. The van der Waals surface area contributed by atoms with Crippen molar-refractivity contribution < 1.29 is 14.3 Å². The molecule has 0 bridgehead atoms. The van der Waals surface area contributed by atoms with Crippen LogP contribution < -0.4 is 0 Å². The highest BCUT2D eigenvalue weighted by atomic mass is 16.5. The van der Waals surface area contributed by atoms with Gasteiger partial charge in [0.15, 0.2) is 0 Å². The van der Waals surface area contributed by atoms with Crippen molar-refractivity contribution in [1.82, 2.24) is 0 Å². The van der Waals surface area contributed by atoms with Gasteiger partial charge in [-0.2, -0.15) is 5.26 Å². The van der Waals surface area contributed by atoms with E-state index in [2.05, 4.69) is 0 Å². The molecule has 1 unspecified atom stereocenters. The Hall–Kier alpha value is -2.15. The Labute approximate surface area is 106 Å². The van der Waals surface area contributed by atoms with Crippen LogP contribution in [-0.2, 0) is 14.3 Å². The van der Waals surface area contributed by atoms with E-state index >= 15 is 0 Å². The first kappa shape index (κ1) is 13.9. The first-order chi connectivity index (χ1) is 8.51. The summed E-state index contributed by atoms with van der Waals surface area (Å²) in [5.41, 5.74) is 1.84. The fourth-order valence-corrected chi connectivity index (χ4v) is 1.81. The zero-order valence-electron chi connectivity index (χ0n) is 10.7. The molecule has 0 N–H and O–H groups in total. The van der Waals surface area contributed by atoms with Crippen molar-refractivity contribution in [3.8, 4) is 6.07 Å². The third kappa shape index (κ3) is 2.95. The number of ether oxygens (including phenoxy) is 1. The van der Waals surface area contributed by atoms with Gasteiger partial charge in [0.1, 0.15) is 11.7 Å². The number of Topliss-reactive ketones (excluding diaryl/α,β-unsaturated/α-hetero) is 1. The molecule has 0 fully saturated rings. The Kier molecular flexibility index (Phi) is 4.61. The number of esters is 1. The molecular formula is C14H15NO3. The number of aryl methyl sites for hydroxylation is 1. The minimum absolute atomic E-state index is 0.234. The fraction of sp³-hybridized carbons (Fsp3) is 0.357. The van der Waals surface area contributed by atoms with E-state index in [0.717, 1.165) is 5.56 Å². The molecule has 1 aromatic rings. The number of nitriles is 1. The van der Waals surface area contributed by atoms with Gasteiger partial charge in [-0.15, -0.1) is 0 Å². The zero-order valence-corrected chi connectivity index (χ0v) is 10.7. The van der Waals surface area contributed by atoms with Crippen LogP contribution in [0.15, 0.2) is 18.2 Å². The summed E-state index contributed by atoms with van der Waals surface area (Å²) in [5, 5.41) is 8.79. The van der Waals surface area contributed by atoms with Crippen LogP contribution >= 0.6 is 0 Å². The molecule has 94 valence electrons.